The SMILES string of the molecule is O=c1c(=O)n(CC(F)(F)F)ccn1CC1CCCCC1. The third kappa shape index (κ3) is 3.74. The molecular formula is C13H17F3N2O2. The largest absolute Gasteiger partial charge is 0.406 e. The molecule has 0 unspecified atom stereocenters. The third-order valence-electron chi connectivity index (χ3n) is 3.66. The topological polar surface area (TPSA) is 44.0 Å². The van der Waals surface area contributed by atoms with Crippen molar-refractivity contribution in [1.29, 1.82) is 0 Å². The second-order valence-corrected chi connectivity index (χ2v) is 5.31. The first-order chi connectivity index (χ1) is 9.37. The van der Waals surface area contributed by atoms with Crippen LogP contribution in [-0.4, -0.2) is 15.3 Å². The van der Waals surface area contributed by atoms with Gasteiger partial charge in [-0.1, -0.05) is 19.3 Å². The van der Waals surface area contributed by atoms with Gasteiger partial charge in [0.1, 0.15) is 6.54 Å². The molecule has 4 nitrogen and oxygen atoms in total. The highest BCUT2D eigenvalue weighted by Gasteiger charge is 2.29. The van der Waals surface area contributed by atoms with E-state index in [9.17, 15) is 22.8 Å². The van der Waals surface area contributed by atoms with Crippen molar-refractivity contribution in [3.05, 3.63) is 33.1 Å². The van der Waals surface area contributed by atoms with Crippen molar-refractivity contribution < 1.29 is 13.2 Å². The number of hydrogen-bond donors (Lipinski definition) is 0. The highest BCUT2D eigenvalue weighted by Crippen LogP contribution is 2.24. The summed E-state index contributed by atoms with van der Waals surface area (Å²) in [5.41, 5.74) is -1.98. The van der Waals surface area contributed by atoms with Crippen molar-refractivity contribution in [1.82, 2.24) is 9.13 Å². The number of hydrogen-bond acceptors (Lipinski definition) is 2. The second-order valence-electron chi connectivity index (χ2n) is 5.31. The van der Waals surface area contributed by atoms with Crippen molar-refractivity contribution in [2.45, 2.75) is 51.4 Å². The Morgan fingerprint density at radius 1 is 1.00 bits per heavy atom. The fourth-order valence-electron chi connectivity index (χ4n) is 2.65. The number of aromatic nitrogens is 2. The molecule has 1 fully saturated rings. The molecule has 7 heteroatoms. The monoisotopic (exact) mass is 290 g/mol. The van der Waals surface area contributed by atoms with E-state index in [0.29, 0.717) is 17.0 Å². The lowest BCUT2D eigenvalue weighted by Gasteiger charge is -2.22. The lowest BCUT2D eigenvalue weighted by atomic mass is 9.89. The Kier molecular flexibility index (Phi) is 4.35. The maximum atomic E-state index is 12.3. The Morgan fingerprint density at radius 3 is 2.15 bits per heavy atom. The van der Waals surface area contributed by atoms with E-state index in [4.69, 9.17) is 0 Å². The highest BCUT2D eigenvalue weighted by atomic mass is 19.4. The molecule has 0 spiro atoms. The molecular weight excluding hydrogens is 273 g/mol. The van der Waals surface area contributed by atoms with Crippen LogP contribution in [0.2, 0.25) is 0 Å². The predicted molar refractivity (Wildman–Crippen MR) is 67.6 cm³/mol. The molecule has 1 aliphatic carbocycles. The van der Waals surface area contributed by atoms with Crippen LogP contribution in [0.15, 0.2) is 22.0 Å². The van der Waals surface area contributed by atoms with Crippen LogP contribution in [0.1, 0.15) is 32.1 Å². The summed E-state index contributed by atoms with van der Waals surface area (Å²) < 4.78 is 38.4. The minimum atomic E-state index is -4.51. The van der Waals surface area contributed by atoms with Crippen LogP contribution in [0.4, 0.5) is 13.2 Å². The molecule has 2 rings (SSSR count). The van der Waals surface area contributed by atoms with Gasteiger partial charge in [0.2, 0.25) is 0 Å². The van der Waals surface area contributed by atoms with Crippen molar-refractivity contribution in [3.63, 3.8) is 0 Å². The third-order valence-corrected chi connectivity index (χ3v) is 3.66. The van der Waals surface area contributed by atoms with E-state index in [1.54, 1.807) is 0 Å². The van der Waals surface area contributed by atoms with Crippen molar-refractivity contribution in [2.75, 3.05) is 0 Å². The second kappa shape index (κ2) is 5.85. The van der Waals surface area contributed by atoms with Gasteiger partial charge in [-0.25, -0.2) is 0 Å². The standard InChI is InChI=1S/C13H17F3N2O2/c14-13(15,16)9-18-7-6-17(11(19)12(18)20)8-10-4-2-1-3-5-10/h6-7,10H,1-5,8-9H2. The summed E-state index contributed by atoms with van der Waals surface area (Å²) in [4.78, 5) is 23.4. The fourth-order valence-corrected chi connectivity index (χ4v) is 2.65. The van der Waals surface area contributed by atoms with E-state index in [1.165, 1.54) is 17.2 Å². The molecule has 112 valence electrons. The van der Waals surface area contributed by atoms with Crippen LogP contribution < -0.4 is 11.1 Å². The molecule has 0 aromatic carbocycles. The molecule has 1 aromatic rings. The van der Waals surface area contributed by atoms with Crippen LogP contribution in [0.25, 0.3) is 0 Å². The molecule has 0 radical (unpaired) electrons. The summed E-state index contributed by atoms with van der Waals surface area (Å²) in [5, 5.41) is 0. The summed E-state index contributed by atoms with van der Waals surface area (Å²) in [5.74, 6) is 0.333. The lowest BCUT2D eigenvalue weighted by molar-refractivity contribution is -0.141. The Bertz CT molecular complexity index is 568. The first kappa shape index (κ1) is 14.9. The lowest BCUT2D eigenvalue weighted by Crippen LogP contribution is -2.43. The zero-order valence-electron chi connectivity index (χ0n) is 11.0. The first-order valence-electron chi connectivity index (χ1n) is 6.73. The summed E-state index contributed by atoms with van der Waals surface area (Å²) in [6.07, 6.45) is 3.19. The normalized spacial score (nSPS) is 17.4. The molecule has 1 aliphatic rings. The van der Waals surface area contributed by atoms with Gasteiger partial charge in [0.25, 0.3) is 0 Å². The van der Waals surface area contributed by atoms with Gasteiger partial charge in [0, 0.05) is 18.9 Å². The van der Waals surface area contributed by atoms with Crippen LogP contribution in [0.5, 0.6) is 0 Å². The molecule has 0 amide bonds. The average Bonchev–Trinajstić information content (AvgIpc) is 2.38. The van der Waals surface area contributed by atoms with Gasteiger partial charge in [-0.2, -0.15) is 13.2 Å². The number of alkyl halides is 3. The molecule has 0 bridgehead atoms. The molecule has 0 N–H and O–H groups in total. The Hall–Kier alpha value is -1.53. The van der Waals surface area contributed by atoms with Crippen LogP contribution in [-0.2, 0) is 13.1 Å². The van der Waals surface area contributed by atoms with Gasteiger partial charge in [-0.3, -0.25) is 9.59 Å². The Balaban J connectivity index is 2.18. The highest BCUT2D eigenvalue weighted by molar-refractivity contribution is 4.87. The average molecular weight is 290 g/mol. The van der Waals surface area contributed by atoms with Crippen molar-refractivity contribution in [3.8, 4) is 0 Å². The summed E-state index contributed by atoms with van der Waals surface area (Å²) in [6.45, 7) is -1.01. The van der Waals surface area contributed by atoms with E-state index >= 15 is 0 Å². The van der Waals surface area contributed by atoms with E-state index in [1.807, 2.05) is 0 Å². The van der Waals surface area contributed by atoms with E-state index in [-0.39, 0.29) is 0 Å². The predicted octanol–water partition coefficient (Wildman–Crippen LogP) is 2.15. The van der Waals surface area contributed by atoms with Crippen LogP contribution >= 0.6 is 0 Å². The smallest absolute Gasteiger partial charge is 0.309 e. The maximum Gasteiger partial charge on any atom is 0.406 e. The van der Waals surface area contributed by atoms with Crippen LogP contribution in [0, 0.1) is 5.92 Å². The van der Waals surface area contributed by atoms with Crippen molar-refractivity contribution in [2.24, 2.45) is 5.92 Å². The molecule has 20 heavy (non-hydrogen) atoms. The minimum absolute atomic E-state index is 0.333. The maximum absolute atomic E-state index is 12.3. The van der Waals surface area contributed by atoms with Gasteiger partial charge < -0.3 is 9.13 Å². The fraction of sp³-hybridized carbons (Fsp3) is 0.692. The van der Waals surface area contributed by atoms with Gasteiger partial charge >= 0.3 is 17.3 Å². The number of halogens is 3. The van der Waals surface area contributed by atoms with E-state index in [0.717, 1.165) is 31.9 Å². The summed E-state index contributed by atoms with van der Waals surface area (Å²) in [7, 11) is 0. The number of nitrogens with zero attached hydrogens (tertiary/aromatic N) is 2. The van der Waals surface area contributed by atoms with Crippen molar-refractivity contribution >= 4 is 0 Å². The van der Waals surface area contributed by atoms with Gasteiger partial charge in [0.05, 0.1) is 0 Å². The molecule has 0 aliphatic heterocycles. The molecule has 1 saturated carbocycles. The van der Waals surface area contributed by atoms with Gasteiger partial charge in [-0.15, -0.1) is 0 Å². The van der Waals surface area contributed by atoms with Gasteiger partial charge in [0.15, 0.2) is 0 Å². The van der Waals surface area contributed by atoms with Gasteiger partial charge in [-0.05, 0) is 18.8 Å². The van der Waals surface area contributed by atoms with E-state index in [2.05, 4.69) is 0 Å². The van der Waals surface area contributed by atoms with Crippen LogP contribution in [0.3, 0.4) is 0 Å². The zero-order chi connectivity index (χ0) is 14.8. The Labute approximate surface area is 113 Å². The van der Waals surface area contributed by atoms with E-state index < -0.39 is 23.8 Å². The first-order valence-corrected chi connectivity index (χ1v) is 6.73. The summed E-state index contributed by atoms with van der Waals surface area (Å²) in [6, 6.07) is 0. The molecule has 0 saturated heterocycles. The zero-order valence-corrected chi connectivity index (χ0v) is 11.0. The molecule has 1 heterocycles. The quantitative estimate of drug-likeness (QED) is 0.801. The molecule has 1 aromatic heterocycles. The Morgan fingerprint density at radius 2 is 1.55 bits per heavy atom. The molecule has 0 atom stereocenters. The minimum Gasteiger partial charge on any atom is -0.309 e. The summed E-state index contributed by atoms with van der Waals surface area (Å²) >= 11 is 0. The number of rotatable bonds is 3.